The van der Waals surface area contributed by atoms with Crippen LogP contribution in [-0.2, 0) is 6.54 Å². The Labute approximate surface area is 129 Å². The van der Waals surface area contributed by atoms with Crippen LogP contribution in [0.15, 0.2) is 73.2 Å². The Balaban J connectivity index is 1.82. The van der Waals surface area contributed by atoms with Gasteiger partial charge in [0.15, 0.2) is 12.4 Å². The molecule has 0 saturated carbocycles. The van der Waals surface area contributed by atoms with E-state index in [9.17, 15) is 4.79 Å². The summed E-state index contributed by atoms with van der Waals surface area (Å²) in [5, 5.41) is 0. The summed E-state index contributed by atoms with van der Waals surface area (Å²) in [5.41, 5.74) is 3.85. The van der Waals surface area contributed by atoms with Gasteiger partial charge in [-0.05, 0) is 6.92 Å². The first-order valence-electron chi connectivity index (χ1n) is 7.23. The van der Waals surface area contributed by atoms with E-state index in [0.29, 0.717) is 6.54 Å². The Bertz CT molecular complexity index is 780. The number of hydrogen-bond acceptors (Lipinski definition) is 2. The van der Waals surface area contributed by atoms with Crippen LogP contribution in [0.3, 0.4) is 0 Å². The molecule has 0 unspecified atom stereocenters. The van der Waals surface area contributed by atoms with Gasteiger partial charge in [-0.1, -0.05) is 60.2 Å². The summed E-state index contributed by atoms with van der Waals surface area (Å²) in [6.45, 7) is 2.37. The predicted molar refractivity (Wildman–Crippen MR) is 85.4 cm³/mol. The highest BCUT2D eigenvalue weighted by Crippen LogP contribution is 2.15. The van der Waals surface area contributed by atoms with Gasteiger partial charge in [-0.25, -0.2) is 4.98 Å². The predicted octanol–water partition coefficient (Wildman–Crippen LogP) is 3.23. The zero-order valence-electron chi connectivity index (χ0n) is 12.4. The van der Waals surface area contributed by atoms with Gasteiger partial charge in [0.2, 0.25) is 12.3 Å². The van der Waals surface area contributed by atoms with E-state index in [0.717, 1.165) is 16.8 Å². The highest BCUT2D eigenvalue weighted by atomic mass is 16.1. The molecule has 0 saturated heterocycles. The number of benzene rings is 2. The summed E-state index contributed by atoms with van der Waals surface area (Å²) in [6.07, 6.45) is 5.46. The van der Waals surface area contributed by atoms with Crippen LogP contribution in [0.5, 0.6) is 0 Å². The number of aromatic nitrogens is 2. The Morgan fingerprint density at radius 1 is 1.05 bits per heavy atom. The third-order valence-electron chi connectivity index (χ3n) is 3.53. The second-order valence-electron chi connectivity index (χ2n) is 5.27. The molecule has 0 aliphatic rings. The van der Waals surface area contributed by atoms with E-state index in [-0.39, 0.29) is 5.78 Å². The highest BCUT2D eigenvalue weighted by molar-refractivity contribution is 5.94. The van der Waals surface area contributed by atoms with Crippen LogP contribution in [0.2, 0.25) is 0 Å². The lowest BCUT2D eigenvalue weighted by Gasteiger charge is -2.01. The fraction of sp³-hybridized carbons (Fsp3) is 0.105. The van der Waals surface area contributed by atoms with Crippen LogP contribution in [0.1, 0.15) is 15.9 Å². The molecule has 0 bridgehead atoms. The van der Waals surface area contributed by atoms with E-state index >= 15 is 0 Å². The number of hydrogen-bond donors (Lipinski definition) is 0. The number of Topliss-reactive ketones (excluding diaryl/α,β-unsaturated/α-hetero) is 1. The molecule has 0 atom stereocenters. The minimum atomic E-state index is 0.0895. The van der Waals surface area contributed by atoms with E-state index < -0.39 is 0 Å². The molecule has 1 aromatic heterocycles. The van der Waals surface area contributed by atoms with Gasteiger partial charge in [0.25, 0.3) is 0 Å². The van der Waals surface area contributed by atoms with Crippen molar-refractivity contribution in [2.24, 2.45) is 0 Å². The first-order valence-corrected chi connectivity index (χ1v) is 7.23. The SMILES string of the molecule is Cc1ccc(-c2c[n+](CC(=O)c3ccccc3)ccn2)cc1. The Hall–Kier alpha value is -2.81. The number of carbonyl (C=O) groups excluding carboxylic acids is 1. The minimum absolute atomic E-state index is 0.0895. The molecule has 22 heavy (non-hydrogen) atoms. The van der Waals surface area contributed by atoms with Gasteiger partial charge in [-0.2, -0.15) is 4.57 Å². The maximum absolute atomic E-state index is 12.3. The van der Waals surface area contributed by atoms with Crippen LogP contribution in [0, 0.1) is 6.92 Å². The molecule has 1 heterocycles. The smallest absolute Gasteiger partial charge is 0.227 e. The zero-order chi connectivity index (χ0) is 15.4. The average Bonchev–Trinajstić information content (AvgIpc) is 2.56. The largest absolute Gasteiger partial charge is 0.287 e. The highest BCUT2D eigenvalue weighted by Gasteiger charge is 2.13. The molecule has 3 nitrogen and oxygen atoms in total. The van der Waals surface area contributed by atoms with Crippen molar-refractivity contribution in [3.05, 3.63) is 84.3 Å². The van der Waals surface area contributed by atoms with Gasteiger partial charge in [-0.3, -0.25) is 4.79 Å². The summed E-state index contributed by atoms with van der Waals surface area (Å²) in [4.78, 5) is 16.7. The molecule has 0 amide bonds. The summed E-state index contributed by atoms with van der Waals surface area (Å²) >= 11 is 0. The third-order valence-corrected chi connectivity index (χ3v) is 3.53. The van der Waals surface area contributed by atoms with Gasteiger partial charge in [-0.15, -0.1) is 0 Å². The van der Waals surface area contributed by atoms with E-state index in [1.807, 2.05) is 59.4 Å². The molecule has 0 radical (unpaired) electrons. The Kier molecular flexibility index (Phi) is 4.05. The lowest BCUT2D eigenvalue weighted by molar-refractivity contribution is -0.683. The van der Waals surface area contributed by atoms with Crippen molar-refractivity contribution in [2.75, 3.05) is 0 Å². The first-order chi connectivity index (χ1) is 10.7. The van der Waals surface area contributed by atoms with Gasteiger partial charge >= 0.3 is 0 Å². The van der Waals surface area contributed by atoms with Crippen molar-refractivity contribution < 1.29 is 9.36 Å². The second-order valence-corrected chi connectivity index (χ2v) is 5.27. The quantitative estimate of drug-likeness (QED) is 0.546. The Morgan fingerprint density at radius 2 is 1.77 bits per heavy atom. The van der Waals surface area contributed by atoms with Crippen LogP contribution < -0.4 is 4.57 Å². The fourth-order valence-electron chi connectivity index (χ4n) is 2.29. The van der Waals surface area contributed by atoms with Gasteiger partial charge < -0.3 is 0 Å². The number of rotatable bonds is 4. The average molecular weight is 289 g/mol. The van der Waals surface area contributed by atoms with Crippen molar-refractivity contribution >= 4 is 5.78 Å². The van der Waals surface area contributed by atoms with Crippen molar-refractivity contribution in [3.63, 3.8) is 0 Å². The Morgan fingerprint density at radius 3 is 2.50 bits per heavy atom. The van der Waals surface area contributed by atoms with Crippen LogP contribution in [0.4, 0.5) is 0 Å². The molecule has 2 aromatic carbocycles. The third kappa shape index (κ3) is 3.26. The number of aryl methyl sites for hydroxylation is 1. The lowest BCUT2D eigenvalue weighted by Crippen LogP contribution is -2.37. The van der Waals surface area contributed by atoms with E-state index in [1.165, 1.54) is 5.56 Å². The first kappa shape index (κ1) is 14.1. The van der Waals surface area contributed by atoms with Gasteiger partial charge in [0.05, 0.1) is 6.20 Å². The van der Waals surface area contributed by atoms with E-state index in [2.05, 4.69) is 24.0 Å². The maximum atomic E-state index is 12.3. The normalized spacial score (nSPS) is 10.4. The van der Waals surface area contributed by atoms with Gasteiger partial charge in [0, 0.05) is 11.1 Å². The molecule has 0 aliphatic carbocycles. The molecule has 0 fully saturated rings. The standard InChI is InChI=1S/C19H17N2O/c1-15-7-9-16(10-8-15)18-13-21(12-11-20-18)14-19(22)17-5-3-2-4-6-17/h2-13H,14H2,1H3/q+1. The van der Waals surface area contributed by atoms with E-state index in [1.54, 1.807) is 6.20 Å². The molecule has 3 heteroatoms. The second kappa shape index (κ2) is 6.31. The summed E-state index contributed by atoms with van der Waals surface area (Å²) in [7, 11) is 0. The minimum Gasteiger partial charge on any atom is -0.287 e. The molecule has 3 aromatic rings. The van der Waals surface area contributed by atoms with Crippen molar-refractivity contribution in [1.29, 1.82) is 0 Å². The molecule has 0 spiro atoms. The molecular formula is C19H17N2O+. The van der Waals surface area contributed by atoms with E-state index in [4.69, 9.17) is 0 Å². The number of nitrogens with zero attached hydrogens (tertiary/aromatic N) is 2. The van der Waals surface area contributed by atoms with Crippen LogP contribution in [-0.4, -0.2) is 10.8 Å². The summed E-state index contributed by atoms with van der Waals surface area (Å²) in [5.74, 6) is 0.0895. The van der Waals surface area contributed by atoms with Crippen LogP contribution >= 0.6 is 0 Å². The molecule has 0 aliphatic heterocycles. The summed E-state index contributed by atoms with van der Waals surface area (Å²) < 4.78 is 1.87. The number of ketones is 1. The monoisotopic (exact) mass is 289 g/mol. The van der Waals surface area contributed by atoms with Crippen LogP contribution in [0.25, 0.3) is 11.3 Å². The van der Waals surface area contributed by atoms with Crippen molar-refractivity contribution in [3.8, 4) is 11.3 Å². The van der Waals surface area contributed by atoms with Crippen molar-refractivity contribution in [1.82, 2.24) is 4.98 Å². The topological polar surface area (TPSA) is 33.8 Å². The molecule has 3 rings (SSSR count). The number of carbonyl (C=O) groups is 1. The molecule has 108 valence electrons. The van der Waals surface area contributed by atoms with Crippen molar-refractivity contribution in [2.45, 2.75) is 13.5 Å². The molecule has 0 N–H and O–H groups in total. The fourth-order valence-corrected chi connectivity index (χ4v) is 2.29. The van der Waals surface area contributed by atoms with Gasteiger partial charge in [0.1, 0.15) is 5.69 Å². The lowest BCUT2D eigenvalue weighted by atomic mass is 10.1. The summed E-state index contributed by atoms with van der Waals surface area (Å²) in [6, 6.07) is 17.5. The molecular weight excluding hydrogens is 272 g/mol. The maximum Gasteiger partial charge on any atom is 0.227 e. The zero-order valence-corrected chi connectivity index (χ0v) is 12.4.